The standard InChI is InChI=1S/C15H21NO9/c1-7(17)16-11-12(23-9(3)19)13(24-10(4)20)15(5-21-8(2)18)6-22-14(11)25-15/h11-14H,5-6H2,1-4H3,(H,16,17)/t11-,12-,13-,14-,15+/m1/s1. The Labute approximate surface area is 144 Å². The highest BCUT2D eigenvalue weighted by molar-refractivity contribution is 5.73. The van der Waals surface area contributed by atoms with Gasteiger partial charge < -0.3 is 29.0 Å². The molecular weight excluding hydrogens is 338 g/mol. The highest BCUT2D eigenvalue weighted by atomic mass is 16.8. The molecule has 1 N–H and O–H groups in total. The first kappa shape index (κ1) is 19.1. The second kappa shape index (κ2) is 7.36. The van der Waals surface area contributed by atoms with Crippen molar-refractivity contribution in [2.75, 3.05) is 13.2 Å². The molecule has 1 amide bonds. The molecule has 0 aliphatic carbocycles. The van der Waals surface area contributed by atoms with Crippen molar-refractivity contribution in [3.63, 3.8) is 0 Å². The molecule has 0 spiro atoms. The summed E-state index contributed by atoms with van der Waals surface area (Å²) in [7, 11) is 0. The molecule has 2 heterocycles. The fraction of sp³-hybridized carbons (Fsp3) is 0.733. The highest BCUT2D eigenvalue weighted by Gasteiger charge is 2.63. The number of hydrogen-bond donors (Lipinski definition) is 1. The van der Waals surface area contributed by atoms with E-state index in [0.29, 0.717) is 0 Å². The number of fused-ring (bicyclic) bond motifs is 2. The molecule has 10 nitrogen and oxygen atoms in total. The van der Waals surface area contributed by atoms with Gasteiger partial charge in [-0.05, 0) is 0 Å². The van der Waals surface area contributed by atoms with E-state index >= 15 is 0 Å². The van der Waals surface area contributed by atoms with E-state index in [1.165, 1.54) is 27.7 Å². The zero-order valence-electron chi connectivity index (χ0n) is 14.4. The van der Waals surface area contributed by atoms with Crippen molar-refractivity contribution in [2.24, 2.45) is 0 Å². The van der Waals surface area contributed by atoms with Gasteiger partial charge in [-0.3, -0.25) is 19.2 Å². The van der Waals surface area contributed by atoms with Crippen LogP contribution in [0.25, 0.3) is 0 Å². The van der Waals surface area contributed by atoms with E-state index in [1.54, 1.807) is 0 Å². The Kier molecular flexibility index (Phi) is 5.63. The topological polar surface area (TPSA) is 126 Å². The molecule has 2 bridgehead atoms. The smallest absolute Gasteiger partial charge is 0.303 e. The summed E-state index contributed by atoms with van der Waals surface area (Å²) in [5.74, 6) is -2.26. The summed E-state index contributed by atoms with van der Waals surface area (Å²) in [6.45, 7) is 4.53. The first-order chi connectivity index (χ1) is 11.6. The maximum atomic E-state index is 11.6. The normalized spacial score (nSPS) is 33.3. The Morgan fingerprint density at radius 1 is 1.04 bits per heavy atom. The van der Waals surface area contributed by atoms with Crippen LogP contribution in [-0.2, 0) is 42.9 Å². The van der Waals surface area contributed by atoms with Gasteiger partial charge in [0.05, 0.1) is 6.61 Å². The van der Waals surface area contributed by atoms with Gasteiger partial charge in [0.15, 0.2) is 24.1 Å². The Hall–Kier alpha value is -2.20. The predicted octanol–water partition coefficient (Wildman–Crippen LogP) is -0.957. The van der Waals surface area contributed by atoms with Gasteiger partial charge in [0, 0.05) is 27.7 Å². The monoisotopic (exact) mass is 359 g/mol. The van der Waals surface area contributed by atoms with Gasteiger partial charge in [-0.15, -0.1) is 0 Å². The van der Waals surface area contributed by atoms with Crippen LogP contribution in [0, 0.1) is 0 Å². The molecule has 0 aromatic heterocycles. The lowest BCUT2D eigenvalue weighted by molar-refractivity contribution is -0.249. The molecular formula is C15H21NO9. The van der Waals surface area contributed by atoms with Gasteiger partial charge in [0.25, 0.3) is 0 Å². The van der Waals surface area contributed by atoms with Crippen LogP contribution in [0.1, 0.15) is 27.7 Å². The minimum atomic E-state index is -1.34. The fourth-order valence-corrected chi connectivity index (χ4v) is 2.94. The first-order valence-electron chi connectivity index (χ1n) is 7.69. The Morgan fingerprint density at radius 3 is 2.20 bits per heavy atom. The van der Waals surface area contributed by atoms with E-state index in [4.69, 9.17) is 23.7 Å². The lowest BCUT2D eigenvalue weighted by Crippen LogP contribution is -2.68. The second-order valence-electron chi connectivity index (χ2n) is 5.97. The third-order valence-corrected chi connectivity index (χ3v) is 3.79. The zero-order valence-corrected chi connectivity index (χ0v) is 14.4. The van der Waals surface area contributed by atoms with Crippen LogP contribution in [0.5, 0.6) is 0 Å². The number of ether oxygens (including phenoxy) is 5. The average Bonchev–Trinajstić information content (AvgIpc) is 2.87. The lowest BCUT2D eigenvalue weighted by Gasteiger charge is -2.45. The number of hydrogen-bond acceptors (Lipinski definition) is 9. The Bertz CT molecular complexity index is 577. The molecule has 0 radical (unpaired) electrons. The van der Waals surface area contributed by atoms with Crippen molar-refractivity contribution >= 4 is 23.8 Å². The summed E-state index contributed by atoms with van der Waals surface area (Å²) in [5, 5.41) is 2.58. The molecule has 2 rings (SSSR count). The molecule has 5 atom stereocenters. The summed E-state index contributed by atoms with van der Waals surface area (Å²) in [4.78, 5) is 45.8. The molecule has 140 valence electrons. The maximum Gasteiger partial charge on any atom is 0.303 e. The van der Waals surface area contributed by atoms with Gasteiger partial charge in [-0.25, -0.2) is 0 Å². The van der Waals surface area contributed by atoms with E-state index in [2.05, 4.69) is 5.32 Å². The summed E-state index contributed by atoms with van der Waals surface area (Å²) in [6, 6.07) is -0.890. The highest BCUT2D eigenvalue weighted by Crippen LogP contribution is 2.40. The van der Waals surface area contributed by atoms with Crippen LogP contribution in [-0.4, -0.2) is 67.2 Å². The molecule has 25 heavy (non-hydrogen) atoms. The van der Waals surface area contributed by atoms with Gasteiger partial charge in [-0.2, -0.15) is 0 Å². The van der Waals surface area contributed by atoms with E-state index in [1.807, 2.05) is 0 Å². The van der Waals surface area contributed by atoms with E-state index < -0.39 is 54.0 Å². The van der Waals surface area contributed by atoms with Crippen LogP contribution in [0.2, 0.25) is 0 Å². The number of carbonyl (C=O) groups excluding carboxylic acids is 4. The van der Waals surface area contributed by atoms with Crippen LogP contribution in [0.4, 0.5) is 0 Å². The van der Waals surface area contributed by atoms with Crippen molar-refractivity contribution < 1.29 is 42.9 Å². The SMILES string of the molecule is CC(=O)N[C@H]1[C@@H]2OC[C@](COC(C)=O)(O2)[C@H](OC(C)=O)[C@@H]1OC(C)=O. The van der Waals surface area contributed by atoms with Crippen molar-refractivity contribution in [1.29, 1.82) is 0 Å². The van der Waals surface area contributed by atoms with Gasteiger partial charge in [0.2, 0.25) is 5.91 Å². The number of carbonyl (C=O) groups is 4. The zero-order chi connectivity index (χ0) is 18.8. The minimum Gasteiger partial charge on any atom is -0.463 e. The van der Waals surface area contributed by atoms with Crippen molar-refractivity contribution in [3.8, 4) is 0 Å². The molecule has 0 unspecified atom stereocenters. The number of amides is 1. The van der Waals surface area contributed by atoms with Crippen molar-refractivity contribution in [3.05, 3.63) is 0 Å². The van der Waals surface area contributed by atoms with E-state index in [9.17, 15) is 19.2 Å². The van der Waals surface area contributed by atoms with Crippen LogP contribution in [0.15, 0.2) is 0 Å². The predicted molar refractivity (Wildman–Crippen MR) is 78.9 cm³/mol. The summed E-state index contributed by atoms with van der Waals surface area (Å²) < 4.78 is 27.0. The second-order valence-corrected chi connectivity index (χ2v) is 5.97. The summed E-state index contributed by atoms with van der Waals surface area (Å²) in [5.41, 5.74) is -1.34. The van der Waals surface area contributed by atoms with Crippen LogP contribution in [0.3, 0.4) is 0 Å². The first-order valence-corrected chi connectivity index (χ1v) is 7.69. The van der Waals surface area contributed by atoms with Crippen molar-refractivity contribution in [2.45, 2.75) is 57.8 Å². The van der Waals surface area contributed by atoms with E-state index in [-0.39, 0.29) is 13.2 Å². The fourth-order valence-electron chi connectivity index (χ4n) is 2.94. The van der Waals surface area contributed by atoms with Crippen LogP contribution >= 0.6 is 0 Å². The van der Waals surface area contributed by atoms with Crippen LogP contribution < -0.4 is 5.32 Å². The van der Waals surface area contributed by atoms with Gasteiger partial charge in [0.1, 0.15) is 12.6 Å². The molecule has 2 aliphatic heterocycles. The van der Waals surface area contributed by atoms with Crippen molar-refractivity contribution in [1.82, 2.24) is 5.32 Å². The number of rotatable bonds is 5. The van der Waals surface area contributed by atoms with Gasteiger partial charge >= 0.3 is 17.9 Å². The number of esters is 3. The molecule has 0 aromatic carbocycles. The minimum absolute atomic E-state index is 0.0727. The maximum absolute atomic E-state index is 11.6. The molecule has 2 aliphatic rings. The largest absolute Gasteiger partial charge is 0.463 e. The quantitative estimate of drug-likeness (QED) is 0.488. The lowest BCUT2D eigenvalue weighted by atomic mass is 9.87. The Morgan fingerprint density at radius 2 is 1.68 bits per heavy atom. The molecule has 2 fully saturated rings. The summed E-state index contributed by atoms with van der Waals surface area (Å²) in [6.07, 6.45) is -3.15. The third-order valence-electron chi connectivity index (χ3n) is 3.79. The number of nitrogens with one attached hydrogen (secondary N) is 1. The molecule has 2 saturated heterocycles. The average molecular weight is 359 g/mol. The molecule has 0 aromatic rings. The molecule has 10 heteroatoms. The Balaban J connectivity index is 2.38. The third kappa shape index (κ3) is 4.26. The van der Waals surface area contributed by atoms with Gasteiger partial charge in [-0.1, -0.05) is 0 Å². The molecule has 0 saturated carbocycles. The summed E-state index contributed by atoms with van der Waals surface area (Å²) >= 11 is 0. The van der Waals surface area contributed by atoms with E-state index in [0.717, 1.165) is 0 Å².